The standard InChI is InChI=1S/C16H24N2O4/c1-20-10-11-22-12-13-5-8-18(9-6-13)16(19)14-4-3-7-17-15(14)21-2/h3-4,7,13H,5-6,8-12H2,1-2H3. The van der Waals surface area contributed by atoms with Crippen molar-refractivity contribution in [3.63, 3.8) is 0 Å². The van der Waals surface area contributed by atoms with Gasteiger partial charge in [0.25, 0.3) is 5.91 Å². The third kappa shape index (κ3) is 4.42. The van der Waals surface area contributed by atoms with Gasteiger partial charge in [0.2, 0.25) is 5.88 Å². The normalized spacial score (nSPS) is 15.8. The molecule has 0 atom stereocenters. The summed E-state index contributed by atoms with van der Waals surface area (Å²) in [7, 11) is 3.20. The molecule has 122 valence electrons. The number of piperidine rings is 1. The van der Waals surface area contributed by atoms with Gasteiger partial charge in [0.15, 0.2) is 0 Å². The van der Waals surface area contributed by atoms with Gasteiger partial charge in [0.05, 0.1) is 20.3 Å². The Bertz CT molecular complexity index is 473. The Balaban J connectivity index is 1.82. The largest absolute Gasteiger partial charge is 0.480 e. The van der Waals surface area contributed by atoms with Crippen LogP contribution >= 0.6 is 0 Å². The van der Waals surface area contributed by atoms with E-state index in [2.05, 4.69) is 4.98 Å². The molecule has 0 bridgehead atoms. The lowest BCUT2D eigenvalue weighted by atomic mass is 9.97. The summed E-state index contributed by atoms with van der Waals surface area (Å²) < 4.78 is 15.7. The van der Waals surface area contributed by atoms with Gasteiger partial charge in [-0.3, -0.25) is 4.79 Å². The zero-order chi connectivity index (χ0) is 15.8. The zero-order valence-electron chi connectivity index (χ0n) is 13.3. The van der Waals surface area contributed by atoms with E-state index in [1.807, 2.05) is 4.90 Å². The Hall–Kier alpha value is -1.66. The average Bonchev–Trinajstić information content (AvgIpc) is 2.58. The van der Waals surface area contributed by atoms with Gasteiger partial charge >= 0.3 is 0 Å². The summed E-state index contributed by atoms with van der Waals surface area (Å²) in [5.74, 6) is 0.887. The van der Waals surface area contributed by atoms with Crippen molar-refractivity contribution in [2.24, 2.45) is 5.92 Å². The van der Waals surface area contributed by atoms with Crippen LogP contribution in [0.25, 0.3) is 0 Å². The predicted octanol–water partition coefficient (Wildman–Crippen LogP) is 1.61. The van der Waals surface area contributed by atoms with Crippen LogP contribution in [0.5, 0.6) is 5.88 Å². The van der Waals surface area contributed by atoms with Gasteiger partial charge in [0.1, 0.15) is 5.56 Å². The van der Waals surface area contributed by atoms with Gasteiger partial charge in [0, 0.05) is 33.0 Å². The quantitative estimate of drug-likeness (QED) is 0.716. The van der Waals surface area contributed by atoms with E-state index in [0.29, 0.717) is 30.6 Å². The first-order valence-corrected chi connectivity index (χ1v) is 7.61. The van der Waals surface area contributed by atoms with E-state index in [1.165, 1.54) is 7.11 Å². The van der Waals surface area contributed by atoms with Gasteiger partial charge in [-0.2, -0.15) is 0 Å². The molecule has 22 heavy (non-hydrogen) atoms. The molecule has 6 heteroatoms. The molecular weight excluding hydrogens is 284 g/mol. The average molecular weight is 308 g/mol. The maximum atomic E-state index is 12.5. The molecule has 1 amide bonds. The van der Waals surface area contributed by atoms with E-state index in [4.69, 9.17) is 14.2 Å². The summed E-state index contributed by atoms with van der Waals surface area (Å²) in [6, 6.07) is 3.51. The van der Waals surface area contributed by atoms with Gasteiger partial charge in [-0.1, -0.05) is 0 Å². The lowest BCUT2D eigenvalue weighted by Crippen LogP contribution is -2.39. The number of aromatic nitrogens is 1. The van der Waals surface area contributed by atoms with Crippen LogP contribution in [0.4, 0.5) is 0 Å². The number of rotatable bonds is 7. The molecule has 1 fully saturated rings. The van der Waals surface area contributed by atoms with Crippen molar-refractivity contribution in [1.82, 2.24) is 9.88 Å². The molecule has 2 rings (SSSR count). The second-order valence-electron chi connectivity index (χ2n) is 5.36. The Labute approximate surface area is 131 Å². The third-order valence-electron chi connectivity index (χ3n) is 3.88. The molecule has 0 N–H and O–H groups in total. The summed E-state index contributed by atoms with van der Waals surface area (Å²) in [4.78, 5) is 18.5. The number of hydrogen-bond donors (Lipinski definition) is 0. The predicted molar refractivity (Wildman–Crippen MR) is 82.1 cm³/mol. The van der Waals surface area contributed by atoms with Crippen molar-refractivity contribution < 1.29 is 19.0 Å². The van der Waals surface area contributed by atoms with Crippen molar-refractivity contribution in [2.75, 3.05) is 47.1 Å². The molecule has 0 aliphatic carbocycles. The monoisotopic (exact) mass is 308 g/mol. The molecule has 2 heterocycles. The molecule has 0 aromatic carbocycles. The number of amides is 1. The number of pyridine rings is 1. The maximum Gasteiger partial charge on any atom is 0.259 e. The van der Waals surface area contributed by atoms with Gasteiger partial charge in [-0.15, -0.1) is 0 Å². The molecule has 1 aliphatic rings. The Kier molecular flexibility index (Phi) is 6.61. The molecule has 0 spiro atoms. The molecule has 0 radical (unpaired) electrons. The molecular formula is C16H24N2O4. The molecule has 1 aromatic heterocycles. The fraction of sp³-hybridized carbons (Fsp3) is 0.625. The van der Waals surface area contributed by atoms with Crippen LogP contribution in [0.1, 0.15) is 23.2 Å². The van der Waals surface area contributed by atoms with Crippen LogP contribution in [0.2, 0.25) is 0 Å². The van der Waals surface area contributed by atoms with Gasteiger partial charge in [-0.05, 0) is 30.9 Å². The number of methoxy groups -OCH3 is 2. The van der Waals surface area contributed by atoms with E-state index in [0.717, 1.165) is 32.5 Å². The van der Waals surface area contributed by atoms with Crippen LogP contribution in [0.3, 0.4) is 0 Å². The number of hydrogen-bond acceptors (Lipinski definition) is 5. The summed E-state index contributed by atoms with van der Waals surface area (Å²) in [5.41, 5.74) is 0.528. The lowest BCUT2D eigenvalue weighted by molar-refractivity contribution is 0.0326. The van der Waals surface area contributed by atoms with E-state index >= 15 is 0 Å². The molecule has 1 aliphatic heterocycles. The Morgan fingerprint density at radius 2 is 2.09 bits per heavy atom. The van der Waals surface area contributed by atoms with Crippen molar-refractivity contribution in [3.05, 3.63) is 23.9 Å². The van der Waals surface area contributed by atoms with Crippen molar-refractivity contribution in [3.8, 4) is 5.88 Å². The highest BCUT2D eigenvalue weighted by Crippen LogP contribution is 2.22. The minimum atomic E-state index is -0.0105. The van der Waals surface area contributed by atoms with Crippen molar-refractivity contribution in [2.45, 2.75) is 12.8 Å². The van der Waals surface area contributed by atoms with Crippen molar-refractivity contribution >= 4 is 5.91 Å². The van der Waals surface area contributed by atoms with Crippen LogP contribution in [0, 0.1) is 5.92 Å². The molecule has 0 saturated carbocycles. The summed E-state index contributed by atoms with van der Waals surface area (Å²) >= 11 is 0. The second kappa shape index (κ2) is 8.70. The van der Waals surface area contributed by atoms with Crippen LogP contribution in [0.15, 0.2) is 18.3 Å². The number of likely N-dealkylation sites (tertiary alicyclic amines) is 1. The first kappa shape index (κ1) is 16.7. The minimum Gasteiger partial charge on any atom is -0.480 e. The van der Waals surface area contributed by atoms with E-state index < -0.39 is 0 Å². The van der Waals surface area contributed by atoms with Gasteiger partial charge < -0.3 is 19.1 Å². The molecule has 0 unspecified atom stereocenters. The maximum absolute atomic E-state index is 12.5. The zero-order valence-corrected chi connectivity index (χ0v) is 13.3. The van der Waals surface area contributed by atoms with E-state index in [9.17, 15) is 4.79 Å². The van der Waals surface area contributed by atoms with Crippen LogP contribution in [-0.4, -0.2) is 62.9 Å². The molecule has 1 aromatic rings. The summed E-state index contributed by atoms with van der Waals surface area (Å²) in [6.07, 6.45) is 3.54. The highest BCUT2D eigenvalue weighted by Gasteiger charge is 2.25. The topological polar surface area (TPSA) is 60.9 Å². The second-order valence-corrected chi connectivity index (χ2v) is 5.36. The fourth-order valence-electron chi connectivity index (χ4n) is 2.58. The number of ether oxygens (including phenoxy) is 3. The third-order valence-corrected chi connectivity index (χ3v) is 3.88. The lowest BCUT2D eigenvalue weighted by Gasteiger charge is -2.32. The molecule has 1 saturated heterocycles. The number of carbonyl (C=O) groups excluding carboxylic acids is 1. The highest BCUT2D eigenvalue weighted by molar-refractivity contribution is 5.96. The number of carbonyl (C=O) groups is 1. The van der Waals surface area contributed by atoms with Crippen molar-refractivity contribution in [1.29, 1.82) is 0 Å². The minimum absolute atomic E-state index is 0.0105. The fourth-order valence-corrected chi connectivity index (χ4v) is 2.58. The first-order valence-electron chi connectivity index (χ1n) is 7.61. The summed E-state index contributed by atoms with van der Waals surface area (Å²) in [6.45, 7) is 3.48. The number of nitrogens with zero attached hydrogens (tertiary/aromatic N) is 2. The highest BCUT2D eigenvalue weighted by atomic mass is 16.5. The van der Waals surface area contributed by atoms with E-state index in [1.54, 1.807) is 25.4 Å². The van der Waals surface area contributed by atoms with E-state index in [-0.39, 0.29) is 5.91 Å². The summed E-state index contributed by atoms with van der Waals surface area (Å²) in [5, 5.41) is 0. The Morgan fingerprint density at radius 1 is 1.32 bits per heavy atom. The van der Waals surface area contributed by atoms with Crippen LogP contribution < -0.4 is 4.74 Å². The Morgan fingerprint density at radius 3 is 2.77 bits per heavy atom. The molecule has 6 nitrogen and oxygen atoms in total. The smallest absolute Gasteiger partial charge is 0.259 e. The first-order chi connectivity index (χ1) is 10.8. The van der Waals surface area contributed by atoms with Gasteiger partial charge in [-0.25, -0.2) is 4.98 Å². The van der Waals surface area contributed by atoms with Crippen LogP contribution in [-0.2, 0) is 9.47 Å². The SMILES string of the molecule is COCCOCC1CCN(C(=O)c2cccnc2OC)CC1.